The molecule has 0 amide bonds. The number of alkyl halides is 6. The van der Waals surface area contributed by atoms with Gasteiger partial charge in [0, 0.05) is 10.8 Å². The highest BCUT2D eigenvalue weighted by atomic mass is 32.2. The van der Waals surface area contributed by atoms with Gasteiger partial charge in [-0.3, -0.25) is 0 Å². The van der Waals surface area contributed by atoms with Crippen LogP contribution in [-0.2, 0) is 0 Å². The molecule has 1 fully saturated rings. The molecule has 0 nitrogen and oxygen atoms in total. The number of hydrogen-bond donors (Lipinski definition) is 0. The van der Waals surface area contributed by atoms with Crippen LogP contribution in [0.2, 0.25) is 0 Å². The van der Waals surface area contributed by atoms with Crippen LogP contribution in [0.1, 0.15) is 32.1 Å². The summed E-state index contributed by atoms with van der Waals surface area (Å²) in [5.74, 6) is -6.05. The van der Waals surface area contributed by atoms with Crippen molar-refractivity contribution in [3.8, 4) is 0 Å². The molecule has 0 bridgehead atoms. The second kappa shape index (κ2) is 6.34. The zero-order valence-electron chi connectivity index (χ0n) is 11.7. The van der Waals surface area contributed by atoms with Crippen molar-refractivity contribution in [1.29, 1.82) is 0 Å². The first-order valence-corrected chi connectivity index (χ1v) is 7.87. The van der Waals surface area contributed by atoms with Crippen LogP contribution in [0.15, 0.2) is 35.2 Å². The molecule has 7 heteroatoms. The quantitative estimate of drug-likeness (QED) is 0.462. The Morgan fingerprint density at radius 1 is 0.818 bits per heavy atom. The average molecular weight is 342 g/mol. The Balaban J connectivity index is 2.35. The predicted octanol–water partition coefficient (Wildman–Crippen LogP) is 6.22. The van der Waals surface area contributed by atoms with Crippen molar-refractivity contribution >= 4 is 11.8 Å². The van der Waals surface area contributed by atoms with Crippen LogP contribution < -0.4 is 0 Å². The number of hydrogen-bond acceptors (Lipinski definition) is 1. The van der Waals surface area contributed by atoms with Crippen molar-refractivity contribution < 1.29 is 26.3 Å². The Morgan fingerprint density at radius 3 is 1.86 bits per heavy atom. The fourth-order valence-corrected chi connectivity index (χ4v) is 3.73. The SMILES string of the molecule is FC(F)(F)C(F)(Sc1ccccc1)C(F)(F)C1CCCCC1. The van der Waals surface area contributed by atoms with E-state index in [0.29, 0.717) is 19.3 Å². The van der Waals surface area contributed by atoms with Crippen LogP contribution in [0.3, 0.4) is 0 Å². The molecule has 22 heavy (non-hydrogen) atoms. The summed E-state index contributed by atoms with van der Waals surface area (Å²) in [6.07, 6.45) is -4.30. The van der Waals surface area contributed by atoms with E-state index < -0.39 is 34.8 Å². The van der Waals surface area contributed by atoms with E-state index in [1.165, 1.54) is 30.3 Å². The molecule has 0 aliphatic heterocycles. The maximum absolute atomic E-state index is 14.6. The molecule has 1 aromatic carbocycles. The zero-order valence-corrected chi connectivity index (χ0v) is 12.5. The Hall–Kier alpha value is -0.850. The lowest BCUT2D eigenvalue weighted by Crippen LogP contribution is -2.56. The Bertz CT molecular complexity index is 481. The highest BCUT2D eigenvalue weighted by Crippen LogP contribution is 2.59. The number of benzene rings is 1. The van der Waals surface area contributed by atoms with Gasteiger partial charge in [0.15, 0.2) is 0 Å². The highest BCUT2D eigenvalue weighted by molar-refractivity contribution is 8.00. The van der Waals surface area contributed by atoms with Gasteiger partial charge < -0.3 is 0 Å². The smallest absolute Gasteiger partial charge is 0.214 e. The lowest BCUT2D eigenvalue weighted by atomic mass is 9.82. The van der Waals surface area contributed by atoms with E-state index in [-0.39, 0.29) is 17.7 Å². The standard InChI is InChI=1S/C15H16F6S/c16-13(17,11-7-3-1-4-8-11)14(18,15(19,20)21)22-12-9-5-2-6-10-12/h2,5-6,9-11H,1,3-4,7-8H2. The molecule has 124 valence electrons. The van der Waals surface area contributed by atoms with E-state index in [0.717, 1.165) is 0 Å². The molecule has 1 aliphatic rings. The van der Waals surface area contributed by atoms with E-state index >= 15 is 0 Å². The molecule has 0 N–H and O–H groups in total. The third-order valence-corrected chi connectivity index (χ3v) is 5.21. The molecule has 0 aromatic heterocycles. The number of halogens is 6. The van der Waals surface area contributed by atoms with Crippen LogP contribution in [0.25, 0.3) is 0 Å². The van der Waals surface area contributed by atoms with Gasteiger partial charge in [0.2, 0.25) is 0 Å². The summed E-state index contributed by atoms with van der Waals surface area (Å²) >= 11 is -0.443. The predicted molar refractivity (Wildman–Crippen MR) is 73.7 cm³/mol. The Kier molecular flexibility index (Phi) is 5.04. The molecular formula is C15H16F6S. The fraction of sp³-hybridized carbons (Fsp3) is 0.600. The minimum Gasteiger partial charge on any atom is -0.214 e. The third kappa shape index (κ3) is 3.24. The minimum atomic E-state index is -5.66. The molecule has 1 atom stereocenters. The zero-order chi connectivity index (χ0) is 16.4. The first-order chi connectivity index (χ1) is 10.2. The van der Waals surface area contributed by atoms with Crippen LogP contribution in [0, 0.1) is 5.92 Å². The van der Waals surface area contributed by atoms with Crippen LogP contribution in [-0.4, -0.2) is 17.1 Å². The van der Waals surface area contributed by atoms with Gasteiger partial charge in [-0.2, -0.15) is 13.2 Å². The van der Waals surface area contributed by atoms with Crippen molar-refractivity contribution in [1.82, 2.24) is 0 Å². The van der Waals surface area contributed by atoms with E-state index in [2.05, 4.69) is 0 Å². The number of thioether (sulfide) groups is 1. The van der Waals surface area contributed by atoms with Gasteiger partial charge in [0.25, 0.3) is 0 Å². The minimum absolute atomic E-state index is 0.0793. The van der Waals surface area contributed by atoms with Crippen molar-refractivity contribution in [2.24, 2.45) is 5.92 Å². The first kappa shape index (κ1) is 17.5. The summed E-state index contributed by atoms with van der Waals surface area (Å²) in [5, 5.41) is -4.62. The fourth-order valence-electron chi connectivity index (χ4n) is 2.69. The molecular weight excluding hydrogens is 326 g/mol. The summed E-state index contributed by atoms with van der Waals surface area (Å²) < 4.78 is 83.0. The maximum Gasteiger partial charge on any atom is 0.438 e. The molecule has 1 saturated carbocycles. The molecule has 2 rings (SSSR count). The van der Waals surface area contributed by atoms with Gasteiger partial charge in [-0.1, -0.05) is 49.2 Å². The normalized spacial score (nSPS) is 20.6. The molecule has 1 aromatic rings. The first-order valence-electron chi connectivity index (χ1n) is 7.06. The second-order valence-corrected chi connectivity index (χ2v) is 6.70. The summed E-state index contributed by atoms with van der Waals surface area (Å²) in [6.45, 7) is 0. The molecule has 1 unspecified atom stereocenters. The Morgan fingerprint density at radius 2 is 1.36 bits per heavy atom. The lowest BCUT2D eigenvalue weighted by Gasteiger charge is -2.40. The molecule has 0 heterocycles. The van der Waals surface area contributed by atoms with Crippen molar-refractivity contribution in [3.05, 3.63) is 30.3 Å². The van der Waals surface area contributed by atoms with Gasteiger partial charge >= 0.3 is 17.1 Å². The summed E-state index contributed by atoms with van der Waals surface area (Å²) in [5.41, 5.74) is 0. The van der Waals surface area contributed by atoms with Gasteiger partial charge in [-0.15, -0.1) is 0 Å². The Labute approximate surface area is 129 Å². The summed E-state index contributed by atoms with van der Waals surface area (Å²) in [7, 11) is 0. The van der Waals surface area contributed by atoms with Gasteiger partial charge in [0.1, 0.15) is 0 Å². The maximum atomic E-state index is 14.6. The van der Waals surface area contributed by atoms with Crippen molar-refractivity contribution in [2.75, 3.05) is 0 Å². The number of rotatable bonds is 4. The van der Waals surface area contributed by atoms with Gasteiger partial charge in [0.05, 0.1) is 0 Å². The van der Waals surface area contributed by atoms with E-state index in [9.17, 15) is 26.3 Å². The van der Waals surface area contributed by atoms with E-state index in [4.69, 9.17) is 0 Å². The van der Waals surface area contributed by atoms with Crippen LogP contribution >= 0.6 is 11.8 Å². The van der Waals surface area contributed by atoms with Crippen molar-refractivity contribution in [2.45, 2.75) is 54.1 Å². The van der Waals surface area contributed by atoms with E-state index in [1.54, 1.807) is 0 Å². The third-order valence-electron chi connectivity index (χ3n) is 3.91. The molecule has 0 saturated heterocycles. The van der Waals surface area contributed by atoms with Gasteiger partial charge in [-0.25, -0.2) is 13.2 Å². The summed E-state index contributed by atoms with van der Waals surface area (Å²) in [4.78, 5) is -0.169. The molecule has 0 radical (unpaired) electrons. The van der Waals surface area contributed by atoms with E-state index in [1.807, 2.05) is 0 Å². The second-order valence-electron chi connectivity index (χ2n) is 5.47. The van der Waals surface area contributed by atoms with Gasteiger partial charge in [-0.05, 0) is 25.0 Å². The lowest BCUT2D eigenvalue weighted by molar-refractivity contribution is -0.277. The average Bonchev–Trinajstić information content (AvgIpc) is 2.48. The highest BCUT2D eigenvalue weighted by Gasteiger charge is 2.73. The molecule has 0 spiro atoms. The molecule has 1 aliphatic carbocycles. The topological polar surface area (TPSA) is 0 Å². The van der Waals surface area contributed by atoms with Crippen LogP contribution in [0.4, 0.5) is 26.3 Å². The summed E-state index contributed by atoms with van der Waals surface area (Å²) in [6, 6.07) is 6.69. The largest absolute Gasteiger partial charge is 0.438 e. The monoisotopic (exact) mass is 342 g/mol. The van der Waals surface area contributed by atoms with Crippen molar-refractivity contribution in [3.63, 3.8) is 0 Å². The van der Waals surface area contributed by atoms with Crippen LogP contribution in [0.5, 0.6) is 0 Å².